The molecule has 5 heteroatoms. The molecule has 0 saturated heterocycles. The molecule has 94 valence electrons. The van der Waals surface area contributed by atoms with E-state index in [-0.39, 0.29) is 5.05 Å². The van der Waals surface area contributed by atoms with Gasteiger partial charge in [-0.2, -0.15) is 11.8 Å². The zero-order chi connectivity index (χ0) is 12.7. The Balaban J connectivity index is 2.75. The van der Waals surface area contributed by atoms with Crippen molar-refractivity contribution in [1.82, 2.24) is 0 Å². The highest BCUT2D eigenvalue weighted by atomic mass is 32.2. The van der Waals surface area contributed by atoms with E-state index in [1.165, 1.54) is 0 Å². The van der Waals surface area contributed by atoms with E-state index in [1.807, 2.05) is 0 Å². The van der Waals surface area contributed by atoms with Crippen LogP contribution in [0.4, 0.5) is 0 Å². The van der Waals surface area contributed by atoms with E-state index in [4.69, 9.17) is 21.7 Å². The van der Waals surface area contributed by atoms with Crippen molar-refractivity contribution in [2.24, 2.45) is 0 Å². The highest BCUT2D eigenvalue weighted by Crippen LogP contribution is 2.25. The van der Waals surface area contributed by atoms with Crippen LogP contribution in [0.3, 0.4) is 0 Å². The van der Waals surface area contributed by atoms with E-state index < -0.39 is 0 Å². The Bertz CT molecular complexity index is 380. The largest absolute Gasteiger partial charge is 0.498 e. The van der Waals surface area contributed by atoms with Gasteiger partial charge in [0, 0.05) is 6.07 Å². The highest BCUT2D eigenvalue weighted by Gasteiger charge is 2.09. The van der Waals surface area contributed by atoms with Crippen LogP contribution in [0, 0.1) is 0 Å². The van der Waals surface area contributed by atoms with Gasteiger partial charge in [-0.15, -0.1) is 0 Å². The summed E-state index contributed by atoms with van der Waals surface area (Å²) in [5.74, 6) is 2.30. The van der Waals surface area contributed by atoms with Crippen LogP contribution in [0.2, 0.25) is 0 Å². The van der Waals surface area contributed by atoms with Crippen LogP contribution in [0.25, 0.3) is 0 Å². The maximum absolute atomic E-state index is 9.38. The summed E-state index contributed by atoms with van der Waals surface area (Å²) in [7, 11) is 1.59. The molecule has 0 radical (unpaired) electrons. The van der Waals surface area contributed by atoms with Crippen molar-refractivity contribution in [2.75, 3.05) is 25.7 Å². The minimum atomic E-state index is -0.160. The molecule has 1 N–H and O–H groups in total. The predicted octanol–water partition coefficient (Wildman–Crippen LogP) is 3.06. The van der Waals surface area contributed by atoms with E-state index >= 15 is 0 Å². The average molecular weight is 272 g/mol. The Morgan fingerprint density at radius 3 is 2.82 bits per heavy atom. The lowest BCUT2D eigenvalue weighted by atomic mass is 10.2. The lowest BCUT2D eigenvalue weighted by Crippen LogP contribution is -2.04. The Hall–Kier alpha value is -0.940. The summed E-state index contributed by atoms with van der Waals surface area (Å²) in [5, 5.41) is 9.22. The van der Waals surface area contributed by atoms with Gasteiger partial charge in [0.1, 0.15) is 11.5 Å². The number of aliphatic hydroxyl groups is 1. The van der Waals surface area contributed by atoms with E-state index in [1.54, 1.807) is 37.1 Å². The second-order valence-corrected chi connectivity index (χ2v) is 4.73. The van der Waals surface area contributed by atoms with E-state index in [9.17, 15) is 5.11 Å². The van der Waals surface area contributed by atoms with E-state index in [0.717, 1.165) is 12.2 Å². The number of thiocarbonyl (C=S) groups is 1. The number of rotatable bonds is 7. The molecule has 0 aromatic heterocycles. The van der Waals surface area contributed by atoms with Crippen molar-refractivity contribution < 1.29 is 14.6 Å². The van der Waals surface area contributed by atoms with Crippen LogP contribution >= 0.6 is 24.0 Å². The minimum Gasteiger partial charge on any atom is -0.498 e. The summed E-state index contributed by atoms with van der Waals surface area (Å²) in [6.45, 7) is 0.601. The van der Waals surface area contributed by atoms with Crippen LogP contribution in [0.5, 0.6) is 11.5 Å². The third-order valence-corrected chi connectivity index (χ3v) is 3.09. The Morgan fingerprint density at radius 1 is 1.47 bits per heavy atom. The first-order chi connectivity index (χ1) is 8.19. The SMILES string of the molecule is COc1ccc(C(O)=S)c(OCCCSC)c1. The number of aliphatic hydroxyl groups excluding tert-OH is 1. The van der Waals surface area contributed by atoms with Crippen LogP contribution in [0.15, 0.2) is 18.2 Å². The summed E-state index contributed by atoms with van der Waals surface area (Å²) in [6.07, 6.45) is 3.01. The van der Waals surface area contributed by atoms with Crippen molar-refractivity contribution in [3.63, 3.8) is 0 Å². The lowest BCUT2D eigenvalue weighted by Gasteiger charge is -2.11. The molecular weight excluding hydrogens is 256 g/mol. The maximum atomic E-state index is 9.38. The maximum Gasteiger partial charge on any atom is 0.192 e. The number of hydrogen-bond donors (Lipinski definition) is 1. The fraction of sp³-hybridized carbons (Fsp3) is 0.417. The summed E-state index contributed by atoms with van der Waals surface area (Å²) < 4.78 is 10.7. The highest BCUT2D eigenvalue weighted by molar-refractivity contribution is 7.98. The van der Waals surface area contributed by atoms with Crippen LogP contribution in [0.1, 0.15) is 12.0 Å². The minimum absolute atomic E-state index is 0.160. The second kappa shape index (κ2) is 7.40. The van der Waals surface area contributed by atoms with Gasteiger partial charge in [0.25, 0.3) is 0 Å². The summed E-state index contributed by atoms with van der Waals surface area (Å²) in [4.78, 5) is 0. The molecule has 0 spiro atoms. The number of benzene rings is 1. The van der Waals surface area contributed by atoms with Gasteiger partial charge in [0.05, 0.1) is 19.3 Å². The Morgan fingerprint density at radius 2 is 2.24 bits per heavy atom. The van der Waals surface area contributed by atoms with Gasteiger partial charge < -0.3 is 14.6 Å². The van der Waals surface area contributed by atoms with Crippen molar-refractivity contribution in [2.45, 2.75) is 6.42 Å². The lowest BCUT2D eigenvalue weighted by molar-refractivity contribution is 0.314. The fourth-order valence-corrected chi connectivity index (χ4v) is 1.89. The first-order valence-electron chi connectivity index (χ1n) is 5.22. The molecule has 0 heterocycles. The first-order valence-corrected chi connectivity index (χ1v) is 7.02. The summed E-state index contributed by atoms with van der Waals surface area (Å²) in [6, 6.07) is 5.18. The molecule has 0 aliphatic carbocycles. The van der Waals surface area contributed by atoms with Crippen LogP contribution in [-0.4, -0.2) is 35.9 Å². The van der Waals surface area contributed by atoms with Gasteiger partial charge >= 0.3 is 0 Å². The zero-order valence-electron chi connectivity index (χ0n) is 9.93. The predicted molar refractivity (Wildman–Crippen MR) is 75.8 cm³/mol. The van der Waals surface area contributed by atoms with Crippen molar-refractivity contribution in [1.29, 1.82) is 0 Å². The molecule has 0 bridgehead atoms. The molecule has 0 fully saturated rings. The van der Waals surface area contributed by atoms with Crippen molar-refractivity contribution in [3.05, 3.63) is 23.8 Å². The van der Waals surface area contributed by atoms with Crippen molar-refractivity contribution in [3.8, 4) is 11.5 Å². The molecular formula is C12H16O3S2. The van der Waals surface area contributed by atoms with Gasteiger partial charge in [-0.25, -0.2) is 0 Å². The molecule has 0 aliphatic heterocycles. The fourth-order valence-electron chi connectivity index (χ4n) is 1.31. The number of methoxy groups -OCH3 is 1. The number of hydrogen-bond acceptors (Lipinski definition) is 4. The quantitative estimate of drug-likeness (QED) is 0.610. The third kappa shape index (κ3) is 4.44. The molecule has 0 unspecified atom stereocenters. The normalized spacial score (nSPS) is 10.0. The first kappa shape index (κ1) is 14.1. The molecule has 0 atom stereocenters. The Labute approximate surface area is 111 Å². The van der Waals surface area contributed by atoms with Gasteiger partial charge in [-0.1, -0.05) is 0 Å². The molecule has 17 heavy (non-hydrogen) atoms. The molecule has 0 saturated carbocycles. The third-order valence-electron chi connectivity index (χ3n) is 2.17. The average Bonchev–Trinajstić information content (AvgIpc) is 2.34. The zero-order valence-corrected chi connectivity index (χ0v) is 11.6. The standard InChI is InChI=1S/C12H16O3S2/c1-14-9-4-5-10(12(13)16)11(8-9)15-6-3-7-17-2/h4-5,8H,3,6-7H2,1-2H3,(H,13,16). The molecule has 1 aromatic carbocycles. The van der Waals surface area contributed by atoms with Gasteiger partial charge in [-0.3, -0.25) is 0 Å². The molecule has 3 nitrogen and oxygen atoms in total. The van der Waals surface area contributed by atoms with Gasteiger partial charge in [-0.05, 0) is 42.8 Å². The molecule has 1 rings (SSSR count). The van der Waals surface area contributed by atoms with Crippen molar-refractivity contribution >= 4 is 29.0 Å². The monoisotopic (exact) mass is 272 g/mol. The van der Waals surface area contributed by atoms with E-state index in [0.29, 0.717) is 23.7 Å². The topological polar surface area (TPSA) is 38.7 Å². The van der Waals surface area contributed by atoms with Gasteiger partial charge in [0.15, 0.2) is 5.05 Å². The number of thioether (sulfide) groups is 1. The summed E-state index contributed by atoms with van der Waals surface area (Å²) >= 11 is 6.54. The summed E-state index contributed by atoms with van der Waals surface area (Å²) in [5.41, 5.74) is 0.532. The molecule has 0 aliphatic rings. The molecule has 0 amide bonds. The smallest absolute Gasteiger partial charge is 0.192 e. The second-order valence-electron chi connectivity index (χ2n) is 3.36. The van der Waals surface area contributed by atoms with Gasteiger partial charge in [0.2, 0.25) is 0 Å². The Kier molecular flexibility index (Phi) is 6.15. The van der Waals surface area contributed by atoms with E-state index in [2.05, 4.69) is 6.26 Å². The molecule has 1 aromatic rings. The van der Waals surface area contributed by atoms with Crippen LogP contribution < -0.4 is 9.47 Å². The number of ether oxygens (including phenoxy) is 2. The van der Waals surface area contributed by atoms with Crippen LogP contribution in [-0.2, 0) is 0 Å².